The predicted octanol–water partition coefficient (Wildman–Crippen LogP) is 2.29. The van der Waals surface area contributed by atoms with E-state index in [0.29, 0.717) is 13.1 Å². The fourth-order valence-corrected chi connectivity index (χ4v) is 5.10. The van der Waals surface area contributed by atoms with Gasteiger partial charge in [0.05, 0.1) is 10.5 Å². The third-order valence-electron chi connectivity index (χ3n) is 5.65. The smallest absolute Gasteiger partial charge is 0.193 e. The fourth-order valence-electron chi connectivity index (χ4n) is 3.74. The van der Waals surface area contributed by atoms with Gasteiger partial charge in [-0.2, -0.15) is 0 Å². The van der Waals surface area contributed by atoms with Crippen LogP contribution in [-0.2, 0) is 9.84 Å². The van der Waals surface area contributed by atoms with Gasteiger partial charge in [-0.05, 0) is 38.5 Å². The van der Waals surface area contributed by atoms with Crippen molar-refractivity contribution < 1.29 is 8.42 Å². The second kappa shape index (κ2) is 7.41. The molecule has 1 N–H and O–H groups in total. The summed E-state index contributed by atoms with van der Waals surface area (Å²) in [6, 6.07) is 0. The third kappa shape index (κ3) is 4.40. The zero-order valence-electron chi connectivity index (χ0n) is 15.1. The van der Waals surface area contributed by atoms with Crippen LogP contribution in [0.4, 0.5) is 0 Å². The Balaban J connectivity index is 1.87. The molecule has 0 spiro atoms. The number of nitrogens with one attached hydrogen (secondary N) is 1. The van der Waals surface area contributed by atoms with Crippen molar-refractivity contribution in [2.45, 2.75) is 57.6 Å². The highest BCUT2D eigenvalue weighted by atomic mass is 32.2. The third-order valence-corrected chi connectivity index (χ3v) is 8.18. The van der Waals surface area contributed by atoms with E-state index < -0.39 is 14.6 Å². The first-order valence-electron chi connectivity index (χ1n) is 8.97. The molecule has 0 aromatic carbocycles. The Morgan fingerprint density at radius 2 is 1.83 bits per heavy atom. The molecule has 0 aromatic rings. The SMILES string of the molecule is CCC1CCC(CNC(=NC)N2CCS(=O)(=O)C(C)(C)C2)CC1. The number of rotatable bonds is 3. The fraction of sp³-hybridized carbons (Fsp3) is 0.941. The van der Waals surface area contributed by atoms with Gasteiger partial charge in [-0.25, -0.2) is 8.42 Å². The summed E-state index contributed by atoms with van der Waals surface area (Å²) in [6.45, 7) is 7.91. The number of hydrogen-bond acceptors (Lipinski definition) is 3. The van der Waals surface area contributed by atoms with Gasteiger partial charge in [0.25, 0.3) is 0 Å². The molecule has 1 heterocycles. The molecule has 0 atom stereocenters. The molecule has 1 aliphatic carbocycles. The largest absolute Gasteiger partial charge is 0.356 e. The second-order valence-corrected chi connectivity index (χ2v) is 10.5. The maximum absolute atomic E-state index is 12.1. The summed E-state index contributed by atoms with van der Waals surface area (Å²) in [5.74, 6) is 2.70. The van der Waals surface area contributed by atoms with Gasteiger partial charge in [-0.15, -0.1) is 0 Å². The molecule has 6 heteroatoms. The number of aliphatic imine (C=N–C) groups is 1. The van der Waals surface area contributed by atoms with Crippen molar-refractivity contribution in [3.8, 4) is 0 Å². The van der Waals surface area contributed by atoms with Crippen molar-refractivity contribution in [3.63, 3.8) is 0 Å². The standard InChI is InChI=1S/C17H33N3O2S/c1-5-14-6-8-15(9-7-14)12-19-16(18-4)20-10-11-23(21,22)17(2,3)13-20/h14-15H,5-13H2,1-4H3,(H,18,19). The van der Waals surface area contributed by atoms with Crippen LogP contribution in [0.3, 0.4) is 0 Å². The van der Waals surface area contributed by atoms with Crippen molar-refractivity contribution >= 4 is 15.8 Å². The van der Waals surface area contributed by atoms with E-state index in [1.807, 2.05) is 13.8 Å². The number of hydrogen-bond donors (Lipinski definition) is 1. The lowest BCUT2D eigenvalue weighted by atomic mass is 9.81. The van der Waals surface area contributed by atoms with E-state index in [1.165, 1.54) is 32.1 Å². The van der Waals surface area contributed by atoms with Crippen LogP contribution in [0, 0.1) is 11.8 Å². The average molecular weight is 344 g/mol. The van der Waals surface area contributed by atoms with Crippen molar-refractivity contribution in [2.75, 3.05) is 32.4 Å². The highest BCUT2D eigenvalue weighted by Crippen LogP contribution is 2.30. The highest BCUT2D eigenvalue weighted by molar-refractivity contribution is 7.92. The molecule has 23 heavy (non-hydrogen) atoms. The van der Waals surface area contributed by atoms with Crippen LogP contribution in [0.15, 0.2) is 4.99 Å². The van der Waals surface area contributed by atoms with Gasteiger partial charge in [0.2, 0.25) is 0 Å². The molecule has 2 fully saturated rings. The van der Waals surface area contributed by atoms with Gasteiger partial charge >= 0.3 is 0 Å². The molecular formula is C17H33N3O2S. The minimum Gasteiger partial charge on any atom is -0.356 e. The first kappa shape index (κ1) is 18.6. The van der Waals surface area contributed by atoms with Gasteiger partial charge in [0.15, 0.2) is 15.8 Å². The molecule has 1 saturated heterocycles. The van der Waals surface area contributed by atoms with E-state index in [4.69, 9.17) is 0 Å². The van der Waals surface area contributed by atoms with E-state index in [-0.39, 0.29) is 5.75 Å². The molecule has 134 valence electrons. The summed E-state index contributed by atoms with van der Waals surface area (Å²) in [5.41, 5.74) is 0. The lowest BCUT2D eigenvalue weighted by molar-refractivity contribution is 0.265. The van der Waals surface area contributed by atoms with E-state index in [1.54, 1.807) is 7.05 Å². The van der Waals surface area contributed by atoms with Crippen molar-refractivity contribution in [1.29, 1.82) is 0 Å². The molecule has 0 aromatic heterocycles. The summed E-state index contributed by atoms with van der Waals surface area (Å²) in [5, 5.41) is 3.49. The van der Waals surface area contributed by atoms with Gasteiger partial charge in [-0.3, -0.25) is 4.99 Å². The molecule has 0 bridgehead atoms. The molecular weight excluding hydrogens is 310 g/mol. The van der Waals surface area contributed by atoms with Gasteiger partial charge in [0, 0.05) is 26.7 Å². The van der Waals surface area contributed by atoms with E-state index in [0.717, 1.165) is 24.3 Å². The predicted molar refractivity (Wildman–Crippen MR) is 96.5 cm³/mol. The van der Waals surface area contributed by atoms with E-state index >= 15 is 0 Å². The number of sulfone groups is 1. The van der Waals surface area contributed by atoms with Crippen LogP contribution >= 0.6 is 0 Å². The lowest BCUT2D eigenvalue weighted by Gasteiger charge is -2.39. The quantitative estimate of drug-likeness (QED) is 0.631. The molecule has 0 unspecified atom stereocenters. The van der Waals surface area contributed by atoms with E-state index in [2.05, 4.69) is 22.1 Å². The Morgan fingerprint density at radius 1 is 1.22 bits per heavy atom. The summed E-state index contributed by atoms with van der Waals surface area (Å²) in [7, 11) is -1.22. The summed E-state index contributed by atoms with van der Waals surface area (Å²) >= 11 is 0. The lowest BCUT2D eigenvalue weighted by Crippen LogP contribution is -2.57. The first-order chi connectivity index (χ1) is 10.8. The number of nitrogens with zero attached hydrogens (tertiary/aromatic N) is 2. The molecule has 2 rings (SSSR count). The first-order valence-corrected chi connectivity index (χ1v) is 10.6. The van der Waals surface area contributed by atoms with Gasteiger partial charge < -0.3 is 10.2 Å². The minimum atomic E-state index is -3.00. The molecule has 1 saturated carbocycles. The molecule has 5 nitrogen and oxygen atoms in total. The Kier molecular flexibility index (Phi) is 5.98. The minimum absolute atomic E-state index is 0.211. The molecule has 0 amide bonds. The maximum Gasteiger partial charge on any atom is 0.193 e. The topological polar surface area (TPSA) is 61.8 Å². The Bertz CT molecular complexity index is 520. The van der Waals surface area contributed by atoms with Crippen LogP contribution in [0.2, 0.25) is 0 Å². The molecule has 0 radical (unpaired) electrons. The monoisotopic (exact) mass is 343 g/mol. The maximum atomic E-state index is 12.1. The highest BCUT2D eigenvalue weighted by Gasteiger charge is 2.41. The molecule has 2 aliphatic rings. The van der Waals surface area contributed by atoms with Crippen LogP contribution in [0.5, 0.6) is 0 Å². The Morgan fingerprint density at radius 3 is 2.35 bits per heavy atom. The summed E-state index contributed by atoms with van der Waals surface area (Å²) in [6.07, 6.45) is 6.58. The zero-order chi connectivity index (χ0) is 17.1. The summed E-state index contributed by atoms with van der Waals surface area (Å²) < 4.78 is 23.6. The van der Waals surface area contributed by atoms with Crippen molar-refractivity contribution in [2.24, 2.45) is 16.8 Å². The molecule has 1 aliphatic heterocycles. The normalized spacial score (nSPS) is 31.0. The second-order valence-electron chi connectivity index (χ2n) is 7.72. The summed E-state index contributed by atoms with van der Waals surface area (Å²) in [4.78, 5) is 6.47. The van der Waals surface area contributed by atoms with Gasteiger partial charge in [0.1, 0.15) is 0 Å². The van der Waals surface area contributed by atoms with Crippen molar-refractivity contribution in [3.05, 3.63) is 0 Å². The van der Waals surface area contributed by atoms with Crippen LogP contribution < -0.4 is 5.32 Å². The van der Waals surface area contributed by atoms with Crippen LogP contribution in [0.1, 0.15) is 52.9 Å². The average Bonchev–Trinajstić information content (AvgIpc) is 2.52. The Hall–Kier alpha value is -0.780. The van der Waals surface area contributed by atoms with Crippen LogP contribution in [0.25, 0.3) is 0 Å². The Labute approximate surface area is 141 Å². The zero-order valence-corrected chi connectivity index (χ0v) is 16.0. The number of guanidine groups is 1. The van der Waals surface area contributed by atoms with Gasteiger partial charge in [-0.1, -0.05) is 26.2 Å². The van der Waals surface area contributed by atoms with Crippen molar-refractivity contribution in [1.82, 2.24) is 10.2 Å². The van der Waals surface area contributed by atoms with Crippen LogP contribution in [-0.4, -0.2) is 56.5 Å². The van der Waals surface area contributed by atoms with E-state index in [9.17, 15) is 8.42 Å².